The molecule has 2 heterocycles. The molecule has 3 unspecified atom stereocenters. The summed E-state index contributed by atoms with van der Waals surface area (Å²) in [6.07, 6.45) is -0.862. The highest BCUT2D eigenvalue weighted by molar-refractivity contribution is 5.81. The minimum absolute atomic E-state index is 0.0473. The standard InChI is InChI=1S/C16H22N2O4/c1-10-5-6-17-15-13(10)3-2-4-14(15)18(16(17)22)8-11(20)7-12(21)9-19/h2-4,10-12,19-21H,5-9H2,1H3. The van der Waals surface area contributed by atoms with E-state index in [1.807, 2.05) is 12.1 Å². The quantitative estimate of drug-likeness (QED) is 0.747. The molecule has 1 aliphatic rings. The van der Waals surface area contributed by atoms with Crippen molar-refractivity contribution in [2.75, 3.05) is 6.61 Å². The monoisotopic (exact) mass is 306 g/mol. The Labute approximate surface area is 128 Å². The molecule has 1 aromatic heterocycles. The van der Waals surface area contributed by atoms with E-state index < -0.39 is 18.8 Å². The van der Waals surface area contributed by atoms with Gasteiger partial charge in [-0.05, 0) is 24.0 Å². The third-order valence-electron chi connectivity index (χ3n) is 4.53. The molecule has 22 heavy (non-hydrogen) atoms. The molecule has 0 spiro atoms. The highest BCUT2D eigenvalue weighted by Crippen LogP contribution is 2.32. The summed E-state index contributed by atoms with van der Waals surface area (Å²) in [6.45, 7) is 2.58. The number of para-hydroxylation sites is 1. The molecule has 1 aromatic carbocycles. The fraction of sp³-hybridized carbons (Fsp3) is 0.562. The highest BCUT2D eigenvalue weighted by atomic mass is 16.3. The van der Waals surface area contributed by atoms with Crippen molar-refractivity contribution in [2.45, 2.75) is 51.0 Å². The van der Waals surface area contributed by atoms with E-state index in [-0.39, 0.29) is 18.7 Å². The van der Waals surface area contributed by atoms with Crippen molar-refractivity contribution in [3.63, 3.8) is 0 Å². The molecule has 0 aliphatic carbocycles. The average Bonchev–Trinajstić information content (AvgIpc) is 2.77. The van der Waals surface area contributed by atoms with Crippen LogP contribution in [0.1, 0.15) is 31.2 Å². The molecular weight excluding hydrogens is 284 g/mol. The number of imidazole rings is 1. The van der Waals surface area contributed by atoms with Gasteiger partial charge in [-0.3, -0.25) is 9.13 Å². The second-order valence-corrected chi connectivity index (χ2v) is 6.18. The molecule has 0 saturated carbocycles. The number of nitrogens with zero attached hydrogens (tertiary/aromatic N) is 2. The van der Waals surface area contributed by atoms with Crippen molar-refractivity contribution >= 4 is 11.0 Å². The summed E-state index contributed by atoms with van der Waals surface area (Å²) in [6, 6.07) is 5.89. The maximum atomic E-state index is 12.6. The number of aryl methyl sites for hydroxylation is 1. The van der Waals surface area contributed by atoms with Gasteiger partial charge in [0, 0.05) is 13.0 Å². The smallest absolute Gasteiger partial charge is 0.329 e. The zero-order valence-corrected chi connectivity index (χ0v) is 12.6. The maximum absolute atomic E-state index is 12.6. The zero-order valence-electron chi connectivity index (χ0n) is 12.6. The largest absolute Gasteiger partial charge is 0.394 e. The Bertz CT molecular complexity index is 734. The predicted octanol–water partition coefficient (Wildman–Crippen LogP) is 0.414. The predicted molar refractivity (Wildman–Crippen MR) is 82.9 cm³/mol. The topological polar surface area (TPSA) is 87.6 Å². The Morgan fingerprint density at radius 2 is 2.09 bits per heavy atom. The first kappa shape index (κ1) is 15.3. The van der Waals surface area contributed by atoms with Crippen LogP contribution < -0.4 is 5.69 Å². The zero-order chi connectivity index (χ0) is 15.9. The summed E-state index contributed by atoms with van der Waals surface area (Å²) < 4.78 is 3.35. The molecule has 1 aliphatic heterocycles. The van der Waals surface area contributed by atoms with E-state index in [9.17, 15) is 15.0 Å². The van der Waals surface area contributed by atoms with Gasteiger partial charge in [0.1, 0.15) is 0 Å². The third kappa shape index (κ3) is 2.47. The number of hydrogen-bond acceptors (Lipinski definition) is 4. The molecule has 2 aromatic rings. The Morgan fingerprint density at radius 1 is 1.32 bits per heavy atom. The normalized spacial score (nSPS) is 20.3. The van der Waals surface area contributed by atoms with Gasteiger partial charge in [-0.15, -0.1) is 0 Å². The number of benzene rings is 1. The van der Waals surface area contributed by atoms with Crippen LogP contribution in [0.15, 0.2) is 23.0 Å². The Hall–Kier alpha value is -1.63. The van der Waals surface area contributed by atoms with Crippen LogP contribution in [0.5, 0.6) is 0 Å². The lowest BCUT2D eigenvalue weighted by Crippen LogP contribution is -2.31. The number of aromatic nitrogens is 2. The summed E-state index contributed by atoms with van der Waals surface area (Å²) in [5.41, 5.74) is 2.84. The summed E-state index contributed by atoms with van der Waals surface area (Å²) in [5, 5.41) is 28.4. The van der Waals surface area contributed by atoms with Gasteiger partial charge in [-0.1, -0.05) is 19.1 Å². The first-order valence-electron chi connectivity index (χ1n) is 7.71. The number of aliphatic hydroxyl groups is 3. The third-order valence-corrected chi connectivity index (χ3v) is 4.53. The minimum atomic E-state index is -0.967. The lowest BCUT2D eigenvalue weighted by atomic mass is 9.94. The van der Waals surface area contributed by atoms with Gasteiger partial charge in [0.25, 0.3) is 0 Å². The molecule has 0 amide bonds. The molecule has 6 nitrogen and oxygen atoms in total. The number of aliphatic hydroxyl groups excluding tert-OH is 3. The highest BCUT2D eigenvalue weighted by Gasteiger charge is 2.24. The molecule has 0 bridgehead atoms. The van der Waals surface area contributed by atoms with Crippen molar-refractivity contribution < 1.29 is 15.3 Å². The fourth-order valence-electron chi connectivity index (χ4n) is 3.34. The van der Waals surface area contributed by atoms with Crippen LogP contribution in [0.2, 0.25) is 0 Å². The summed E-state index contributed by atoms with van der Waals surface area (Å²) >= 11 is 0. The number of rotatable bonds is 5. The second kappa shape index (κ2) is 5.87. The molecule has 0 radical (unpaired) electrons. The Morgan fingerprint density at radius 3 is 2.82 bits per heavy atom. The van der Waals surface area contributed by atoms with E-state index in [1.165, 1.54) is 5.56 Å². The van der Waals surface area contributed by atoms with Crippen LogP contribution in [-0.4, -0.2) is 43.3 Å². The van der Waals surface area contributed by atoms with E-state index in [4.69, 9.17) is 5.11 Å². The van der Waals surface area contributed by atoms with E-state index in [0.29, 0.717) is 12.5 Å². The van der Waals surface area contributed by atoms with E-state index in [0.717, 1.165) is 17.5 Å². The first-order valence-corrected chi connectivity index (χ1v) is 7.71. The van der Waals surface area contributed by atoms with Gasteiger partial charge in [-0.2, -0.15) is 0 Å². The van der Waals surface area contributed by atoms with E-state index in [1.54, 1.807) is 9.13 Å². The van der Waals surface area contributed by atoms with Crippen molar-refractivity contribution in [2.24, 2.45) is 0 Å². The second-order valence-electron chi connectivity index (χ2n) is 6.18. The molecule has 3 atom stereocenters. The van der Waals surface area contributed by atoms with Crippen molar-refractivity contribution in [1.29, 1.82) is 0 Å². The van der Waals surface area contributed by atoms with Gasteiger partial charge in [-0.25, -0.2) is 4.79 Å². The Kier molecular flexibility index (Phi) is 4.08. The first-order chi connectivity index (χ1) is 10.5. The van der Waals surface area contributed by atoms with Gasteiger partial charge in [0.15, 0.2) is 0 Å². The summed E-state index contributed by atoms with van der Waals surface area (Å²) in [5.74, 6) is 0.417. The fourth-order valence-corrected chi connectivity index (χ4v) is 3.34. The van der Waals surface area contributed by atoms with Crippen molar-refractivity contribution in [1.82, 2.24) is 9.13 Å². The van der Waals surface area contributed by atoms with Crippen molar-refractivity contribution in [3.05, 3.63) is 34.2 Å². The maximum Gasteiger partial charge on any atom is 0.329 e. The van der Waals surface area contributed by atoms with Gasteiger partial charge in [0.2, 0.25) is 0 Å². The molecule has 0 fully saturated rings. The SMILES string of the molecule is CC1CCn2c(=O)n(CC(O)CC(O)CO)c3cccc1c32. The van der Waals surface area contributed by atoms with Crippen LogP contribution in [0, 0.1) is 0 Å². The summed E-state index contributed by atoms with van der Waals surface area (Å²) in [7, 11) is 0. The van der Waals surface area contributed by atoms with Gasteiger partial charge in [0.05, 0.1) is 36.4 Å². The van der Waals surface area contributed by atoms with Crippen molar-refractivity contribution in [3.8, 4) is 0 Å². The molecule has 3 rings (SSSR count). The molecule has 120 valence electrons. The lowest BCUT2D eigenvalue weighted by Gasteiger charge is -2.20. The van der Waals surface area contributed by atoms with Gasteiger partial charge < -0.3 is 15.3 Å². The molecule has 6 heteroatoms. The van der Waals surface area contributed by atoms with Crippen LogP contribution in [0.3, 0.4) is 0 Å². The lowest BCUT2D eigenvalue weighted by molar-refractivity contribution is 0.0357. The van der Waals surface area contributed by atoms with Crippen LogP contribution in [-0.2, 0) is 13.1 Å². The molecular formula is C16H22N2O4. The Balaban J connectivity index is 2.01. The molecule has 3 N–H and O–H groups in total. The average molecular weight is 306 g/mol. The minimum Gasteiger partial charge on any atom is -0.394 e. The van der Waals surface area contributed by atoms with Crippen LogP contribution in [0.25, 0.3) is 11.0 Å². The van der Waals surface area contributed by atoms with E-state index in [2.05, 4.69) is 13.0 Å². The van der Waals surface area contributed by atoms with E-state index >= 15 is 0 Å². The van der Waals surface area contributed by atoms with Crippen LogP contribution in [0.4, 0.5) is 0 Å². The number of hydrogen-bond donors (Lipinski definition) is 3. The summed E-state index contributed by atoms with van der Waals surface area (Å²) in [4.78, 5) is 12.6. The van der Waals surface area contributed by atoms with Crippen LogP contribution >= 0.6 is 0 Å². The molecule has 0 saturated heterocycles. The van der Waals surface area contributed by atoms with Gasteiger partial charge >= 0.3 is 5.69 Å².